The molecule has 5 atom stereocenters. The van der Waals surface area contributed by atoms with Crippen molar-refractivity contribution in [2.75, 3.05) is 13.2 Å². The molecule has 0 radical (unpaired) electrons. The van der Waals surface area contributed by atoms with E-state index >= 15 is 0 Å². The normalized spacial score (nSPS) is 36.9. The molecule has 2 aliphatic carbocycles. The van der Waals surface area contributed by atoms with Gasteiger partial charge in [0.1, 0.15) is 0 Å². The van der Waals surface area contributed by atoms with E-state index in [2.05, 4.69) is 39.9 Å². The highest BCUT2D eigenvalue weighted by Gasteiger charge is 2.61. The third-order valence-corrected chi connectivity index (χ3v) is 6.80. The van der Waals surface area contributed by atoms with Crippen LogP contribution in [0.1, 0.15) is 66.7 Å². The standard InChI is InChI=1S/C18H35NO2/c1-6-13(2)19-12-15(20)8-10-21-16-11-14-7-9-18(16,5)17(14,3)4/h13-16,19-20H,6-12H2,1-5H3/t13-,14-,15+,16+,18-/m0/s1. The summed E-state index contributed by atoms with van der Waals surface area (Å²) in [7, 11) is 0. The lowest BCUT2D eigenvalue weighted by Gasteiger charge is -2.39. The van der Waals surface area contributed by atoms with E-state index in [9.17, 15) is 5.11 Å². The van der Waals surface area contributed by atoms with Crippen molar-refractivity contribution in [3.05, 3.63) is 0 Å². The van der Waals surface area contributed by atoms with Crippen LogP contribution in [0.5, 0.6) is 0 Å². The highest BCUT2D eigenvalue weighted by Crippen LogP contribution is 2.66. The van der Waals surface area contributed by atoms with E-state index in [0.717, 1.165) is 18.8 Å². The molecule has 0 aromatic carbocycles. The zero-order valence-electron chi connectivity index (χ0n) is 14.6. The van der Waals surface area contributed by atoms with Gasteiger partial charge in [0.15, 0.2) is 0 Å². The molecule has 0 unspecified atom stereocenters. The number of aliphatic hydroxyl groups is 1. The van der Waals surface area contributed by atoms with E-state index in [0.29, 0.717) is 36.1 Å². The summed E-state index contributed by atoms with van der Waals surface area (Å²) in [6.45, 7) is 12.9. The van der Waals surface area contributed by atoms with E-state index < -0.39 is 0 Å². The second-order valence-electron chi connectivity index (χ2n) is 8.13. The van der Waals surface area contributed by atoms with Crippen molar-refractivity contribution < 1.29 is 9.84 Å². The van der Waals surface area contributed by atoms with Gasteiger partial charge in [-0.2, -0.15) is 0 Å². The van der Waals surface area contributed by atoms with Crippen molar-refractivity contribution in [3.8, 4) is 0 Å². The summed E-state index contributed by atoms with van der Waals surface area (Å²) >= 11 is 0. The molecule has 0 amide bonds. The van der Waals surface area contributed by atoms with Crippen LogP contribution in [0.25, 0.3) is 0 Å². The van der Waals surface area contributed by atoms with Crippen LogP contribution in [0.2, 0.25) is 0 Å². The average Bonchev–Trinajstić information content (AvgIpc) is 2.77. The fourth-order valence-corrected chi connectivity index (χ4v) is 4.31. The quantitative estimate of drug-likeness (QED) is 0.722. The van der Waals surface area contributed by atoms with E-state index in [1.54, 1.807) is 0 Å². The lowest BCUT2D eigenvalue weighted by molar-refractivity contribution is -0.0546. The van der Waals surface area contributed by atoms with E-state index in [-0.39, 0.29) is 6.10 Å². The topological polar surface area (TPSA) is 41.5 Å². The van der Waals surface area contributed by atoms with Crippen LogP contribution in [0.4, 0.5) is 0 Å². The zero-order chi connectivity index (χ0) is 15.7. The fraction of sp³-hybridized carbons (Fsp3) is 1.00. The molecule has 124 valence electrons. The monoisotopic (exact) mass is 297 g/mol. The van der Waals surface area contributed by atoms with Gasteiger partial charge in [-0.3, -0.25) is 0 Å². The third-order valence-electron chi connectivity index (χ3n) is 6.80. The molecule has 2 rings (SSSR count). The Morgan fingerprint density at radius 3 is 2.57 bits per heavy atom. The molecular formula is C18H35NO2. The first-order valence-corrected chi connectivity index (χ1v) is 8.84. The Morgan fingerprint density at radius 1 is 1.33 bits per heavy atom. The molecule has 2 N–H and O–H groups in total. The van der Waals surface area contributed by atoms with Crippen molar-refractivity contribution in [2.45, 2.75) is 85.0 Å². The van der Waals surface area contributed by atoms with Gasteiger partial charge in [0.2, 0.25) is 0 Å². The number of aliphatic hydroxyl groups excluding tert-OH is 1. The second kappa shape index (κ2) is 6.55. The van der Waals surface area contributed by atoms with E-state index in [1.807, 2.05) is 0 Å². The van der Waals surface area contributed by atoms with Gasteiger partial charge in [-0.25, -0.2) is 0 Å². The van der Waals surface area contributed by atoms with Crippen molar-refractivity contribution in [1.29, 1.82) is 0 Å². The van der Waals surface area contributed by atoms with E-state index in [1.165, 1.54) is 19.3 Å². The summed E-state index contributed by atoms with van der Waals surface area (Å²) in [5.74, 6) is 0.824. The Balaban J connectivity index is 1.70. The molecule has 2 saturated carbocycles. The predicted molar refractivity (Wildman–Crippen MR) is 87.3 cm³/mol. The minimum atomic E-state index is -0.293. The molecule has 21 heavy (non-hydrogen) atoms. The third kappa shape index (κ3) is 3.30. The number of hydrogen-bond acceptors (Lipinski definition) is 3. The fourth-order valence-electron chi connectivity index (χ4n) is 4.31. The summed E-state index contributed by atoms with van der Waals surface area (Å²) in [6.07, 6.45) is 5.81. The number of fused-ring (bicyclic) bond motifs is 2. The van der Waals surface area contributed by atoms with Crippen LogP contribution >= 0.6 is 0 Å². The number of hydrogen-bond donors (Lipinski definition) is 2. The van der Waals surface area contributed by atoms with Gasteiger partial charge in [0.05, 0.1) is 12.2 Å². The molecule has 0 aromatic rings. The van der Waals surface area contributed by atoms with Gasteiger partial charge in [-0.1, -0.05) is 27.7 Å². The maximum atomic E-state index is 10.0. The molecule has 0 saturated heterocycles. The molecule has 2 fully saturated rings. The smallest absolute Gasteiger partial charge is 0.0686 e. The van der Waals surface area contributed by atoms with E-state index in [4.69, 9.17) is 4.74 Å². The molecule has 0 heterocycles. The minimum Gasteiger partial charge on any atom is -0.392 e. The van der Waals surface area contributed by atoms with Gasteiger partial charge >= 0.3 is 0 Å². The molecule has 0 aromatic heterocycles. The Hall–Kier alpha value is -0.120. The van der Waals surface area contributed by atoms with Crippen LogP contribution in [-0.4, -0.2) is 36.5 Å². The number of nitrogens with one attached hydrogen (secondary N) is 1. The van der Waals surface area contributed by atoms with Crippen LogP contribution in [-0.2, 0) is 4.74 Å². The van der Waals surface area contributed by atoms with Gasteiger partial charge < -0.3 is 15.2 Å². The van der Waals surface area contributed by atoms with Crippen molar-refractivity contribution in [3.63, 3.8) is 0 Å². The van der Waals surface area contributed by atoms with Crippen LogP contribution < -0.4 is 5.32 Å². The molecule has 0 aliphatic heterocycles. The van der Waals surface area contributed by atoms with Gasteiger partial charge in [-0.05, 0) is 55.8 Å². The summed E-state index contributed by atoms with van der Waals surface area (Å²) in [4.78, 5) is 0. The van der Waals surface area contributed by atoms with Gasteiger partial charge in [-0.15, -0.1) is 0 Å². The predicted octanol–water partition coefficient (Wildman–Crippen LogP) is 3.36. The first-order chi connectivity index (χ1) is 9.81. The second-order valence-corrected chi connectivity index (χ2v) is 8.13. The molecule has 2 aliphatic rings. The molecular weight excluding hydrogens is 262 g/mol. The summed E-state index contributed by atoms with van der Waals surface area (Å²) < 4.78 is 6.19. The lowest BCUT2D eigenvalue weighted by Crippen LogP contribution is -2.38. The zero-order valence-corrected chi connectivity index (χ0v) is 14.6. The summed E-state index contributed by atoms with van der Waals surface area (Å²) in [5, 5.41) is 13.4. The van der Waals surface area contributed by atoms with Gasteiger partial charge in [0.25, 0.3) is 0 Å². The Morgan fingerprint density at radius 2 is 2.05 bits per heavy atom. The van der Waals surface area contributed by atoms with Crippen LogP contribution in [0.15, 0.2) is 0 Å². The number of rotatable bonds is 8. The van der Waals surface area contributed by atoms with Crippen molar-refractivity contribution in [2.24, 2.45) is 16.7 Å². The number of ether oxygens (including phenoxy) is 1. The van der Waals surface area contributed by atoms with Gasteiger partial charge in [0, 0.05) is 19.2 Å². The summed E-state index contributed by atoms with van der Waals surface area (Å²) in [6, 6.07) is 0.478. The average molecular weight is 297 g/mol. The molecule has 2 bridgehead atoms. The minimum absolute atomic E-state index is 0.293. The summed E-state index contributed by atoms with van der Waals surface area (Å²) in [5.41, 5.74) is 0.742. The highest BCUT2D eigenvalue weighted by molar-refractivity contribution is 5.11. The van der Waals surface area contributed by atoms with Crippen LogP contribution in [0.3, 0.4) is 0 Å². The Bertz CT molecular complexity index is 344. The molecule has 0 spiro atoms. The maximum absolute atomic E-state index is 10.0. The first-order valence-electron chi connectivity index (χ1n) is 8.84. The largest absolute Gasteiger partial charge is 0.392 e. The molecule has 3 nitrogen and oxygen atoms in total. The highest BCUT2D eigenvalue weighted by atomic mass is 16.5. The maximum Gasteiger partial charge on any atom is 0.0686 e. The lowest BCUT2D eigenvalue weighted by atomic mass is 9.70. The Labute approximate surface area is 130 Å². The molecule has 3 heteroatoms. The Kier molecular flexibility index (Phi) is 5.38. The van der Waals surface area contributed by atoms with Crippen LogP contribution in [0, 0.1) is 16.7 Å². The SMILES string of the molecule is CC[C@H](C)NC[C@H](O)CCO[C@@H]1C[C@@H]2CC[C@]1(C)C2(C)C. The first kappa shape index (κ1) is 17.2. The van der Waals surface area contributed by atoms with Crippen molar-refractivity contribution >= 4 is 0 Å². The van der Waals surface area contributed by atoms with Crippen molar-refractivity contribution in [1.82, 2.24) is 5.32 Å².